The Morgan fingerprint density at radius 2 is 1.86 bits per heavy atom. The van der Waals surface area contributed by atoms with E-state index in [1.165, 1.54) is 11.6 Å². The molecular weight excluding hydrogens is 369 g/mol. The van der Waals surface area contributed by atoms with Gasteiger partial charge in [-0.25, -0.2) is 4.39 Å². The minimum atomic E-state index is -1.08. The van der Waals surface area contributed by atoms with E-state index in [0.29, 0.717) is 31.6 Å². The van der Waals surface area contributed by atoms with Crippen LogP contribution in [0.1, 0.15) is 49.3 Å². The molecule has 5 heteroatoms. The molecular formula is C24H30FNO3. The molecule has 2 aromatic carbocycles. The molecule has 2 atom stereocenters. The van der Waals surface area contributed by atoms with Crippen molar-refractivity contribution in [3.8, 4) is 5.75 Å². The van der Waals surface area contributed by atoms with Crippen LogP contribution in [0.3, 0.4) is 0 Å². The van der Waals surface area contributed by atoms with Gasteiger partial charge in [-0.1, -0.05) is 24.3 Å². The zero-order valence-corrected chi connectivity index (χ0v) is 17.2. The molecule has 2 unspecified atom stereocenters. The normalized spacial score (nSPS) is 26.6. The van der Waals surface area contributed by atoms with Gasteiger partial charge in [0.25, 0.3) is 0 Å². The summed E-state index contributed by atoms with van der Waals surface area (Å²) < 4.78 is 25.4. The van der Waals surface area contributed by atoms with Crippen molar-refractivity contribution >= 4 is 0 Å². The highest BCUT2D eigenvalue weighted by molar-refractivity contribution is 5.37. The molecule has 156 valence electrons. The fourth-order valence-corrected chi connectivity index (χ4v) is 5.10. The molecule has 2 heterocycles. The molecule has 0 radical (unpaired) electrons. The first-order valence-electron chi connectivity index (χ1n) is 10.5. The lowest BCUT2D eigenvalue weighted by Gasteiger charge is -2.44. The summed E-state index contributed by atoms with van der Waals surface area (Å²) in [4.78, 5) is 2.49. The highest BCUT2D eigenvalue weighted by atomic mass is 19.1. The van der Waals surface area contributed by atoms with Gasteiger partial charge in [-0.15, -0.1) is 0 Å². The van der Waals surface area contributed by atoms with Crippen molar-refractivity contribution in [2.75, 3.05) is 13.7 Å². The van der Waals surface area contributed by atoms with Crippen LogP contribution in [0, 0.1) is 5.82 Å². The Hall–Kier alpha value is -1.95. The largest absolute Gasteiger partial charge is 0.496 e. The predicted octanol–water partition coefficient (Wildman–Crippen LogP) is 4.39. The third-order valence-electron chi connectivity index (χ3n) is 6.46. The van der Waals surface area contributed by atoms with E-state index in [1.54, 1.807) is 19.2 Å². The van der Waals surface area contributed by atoms with Gasteiger partial charge in [0.1, 0.15) is 11.6 Å². The summed E-state index contributed by atoms with van der Waals surface area (Å²) in [5, 5.41) is 11.3. The Kier molecular flexibility index (Phi) is 5.91. The standard InChI is InChI=1S/C24H30FNO3/c1-3-29-16-18-12-17(8-11-23(18)28-2)15-26-19-9-10-20(26)14-24(27,13-19)21-6-4-5-7-22(21)25/h4-8,11-12,19-20,27H,3,9-10,13-16H2,1-2H3. The van der Waals surface area contributed by atoms with Gasteiger partial charge in [0, 0.05) is 36.4 Å². The van der Waals surface area contributed by atoms with Gasteiger partial charge in [0.2, 0.25) is 0 Å². The van der Waals surface area contributed by atoms with Crippen molar-refractivity contribution in [3.63, 3.8) is 0 Å². The molecule has 2 aromatic rings. The average molecular weight is 400 g/mol. The smallest absolute Gasteiger partial charge is 0.129 e. The van der Waals surface area contributed by atoms with Crippen LogP contribution in [0.2, 0.25) is 0 Å². The molecule has 2 fully saturated rings. The van der Waals surface area contributed by atoms with Gasteiger partial charge in [0.05, 0.1) is 19.3 Å². The molecule has 0 spiro atoms. The van der Waals surface area contributed by atoms with Crippen LogP contribution in [-0.2, 0) is 23.5 Å². The van der Waals surface area contributed by atoms with Crippen LogP contribution < -0.4 is 4.74 Å². The third-order valence-corrected chi connectivity index (χ3v) is 6.46. The van der Waals surface area contributed by atoms with E-state index >= 15 is 0 Å². The number of methoxy groups -OCH3 is 1. The maximum Gasteiger partial charge on any atom is 0.129 e. The van der Waals surface area contributed by atoms with Gasteiger partial charge in [0.15, 0.2) is 0 Å². The Morgan fingerprint density at radius 1 is 1.14 bits per heavy atom. The quantitative estimate of drug-likeness (QED) is 0.750. The minimum Gasteiger partial charge on any atom is -0.496 e. The zero-order chi connectivity index (χ0) is 20.4. The number of benzene rings is 2. The van der Waals surface area contributed by atoms with E-state index in [2.05, 4.69) is 17.0 Å². The zero-order valence-electron chi connectivity index (χ0n) is 17.2. The monoisotopic (exact) mass is 399 g/mol. The first kappa shape index (κ1) is 20.3. The number of rotatable bonds is 7. The Labute approximate surface area is 172 Å². The van der Waals surface area contributed by atoms with Crippen LogP contribution >= 0.6 is 0 Å². The molecule has 2 saturated heterocycles. The first-order chi connectivity index (χ1) is 14.0. The van der Waals surface area contributed by atoms with E-state index in [4.69, 9.17) is 9.47 Å². The second-order valence-electron chi connectivity index (χ2n) is 8.26. The fourth-order valence-electron chi connectivity index (χ4n) is 5.10. The Morgan fingerprint density at radius 3 is 2.52 bits per heavy atom. The van der Waals surface area contributed by atoms with E-state index < -0.39 is 5.60 Å². The number of fused-ring (bicyclic) bond motifs is 2. The molecule has 29 heavy (non-hydrogen) atoms. The SMILES string of the molecule is CCOCc1cc(CN2C3CCC2CC(O)(c2ccccc2F)C3)ccc1OC. The number of halogens is 1. The second-order valence-corrected chi connectivity index (χ2v) is 8.26. The summed E-state index contributed by atoms with van der Waals surface area (Å²) in [5.74, 6) is 0.538. The summed E-state index contributed by atoms with van der Waals surface area (Å²) in [6.07, 6.45) is 3.24. The van der Waals surface area contributed by atoms with Crippen LogP contribution in [0.5, 0.6) is 5.75 Å². The molecule has 4 nitrogen and oxygen atoms in total. The van der Waals surface area contributed by atoms with Crippen LogP contribution in [0.25, 0.3) is 0 Å². The maximum atomic E-state index is 14.4. The Bertz CT molecular complexity index is 842. The van der Waals surface area contributed by atoms with Crippen molar-refractivity contribution < 1.29 is 19.0 Å². The topological polar surface area (TPSA) is 41.9 Å². The summed E-state index contributed by atoms with van der Waals surface area (Å²) in [6.45, 7) is 4.01. The second kappa shape index (κ2) is 8.42. The number of aliphatic hydroxyl groups is 1. The van der Waals surface area contributed by atoms with Crippen molar-refractivity contribution in [1.82, 2.24) is 4.90 Å². The molecule has 0 amide bonds. The third kappa shape index (κ3) is 4.04. The molecule has 2 aliphatic heterocycles. The number of hydrogen-bond donors (Lipinski definition) is 1. The summed E-state index contributed by atoms with van der Waals surface area (Å²) in [7, 11) is 1.68. The molecule has 2 bridgehead atoms. The minimum absolute atomic E-state index is 0.260. The number of nitrogens with zero attached hydrogens (tertiary/aromatic N) is 1. The average Bonchev–Trinajstić information content (AvgIpc) is 2.96. The van der Waals surface area contributed by atoms with E-state index in [9.17, 15) is 9.50 Å². The van der Waals surface area contributed by atoms with Crippen molar-refractivity contribution in [2.24, 2.45) is 0 Å². The highest BCUT2D eigenvalue weighted by Crippen LogP contribution is 2.46. The first-order valence-corrected chi connectivity index (χ1v) is 10.5. The molecule has 0 aromatic heterocycles. The fraction of sp³-hybridized carbons (Fsp3) is 0.500. The molecule has 0 aliphatic carbocycles. The van der Waals surface area contributed by atoms with E-state index in [1.807, 2.05) is 19.1 Å². The highest BCUT2D eigenvalue weighted by Gasteiger charge is 2.48. The summed E-state index contributed by atoms with van der Waals surface area (Å²) in [6, 6.07) is 13.4. The summed E-state index contributed by atoms with van der Waals surface area (Å²) in [5.41, 5.74) is 1.64. The number of piperidine rings is 1. The Balaban J connectivity index is 1.52. The lowest BCUT2D eigenvalue weighted by molar-refractivity contribution is -0.0615. The van der Waals surface area contributed by atoms with E-state index in [0.717, 1.165) is 30.7 Å². The van der Waals surface area contributed by atoms with Gasteiger partial charge >= 0.3 is 0 Å². The van der Waals surface area contributed by atoms with Crippen molar-refractivity contribution in [1.29, 1.82) is 0 Å². The van der Waals surface area contributed by atoms with Crippen molar-refractivity contribution in [3.05, 3.63) is 65.0 Å². The van der Waals surface area contributed by atoms with E-state index in [-0.39, 0.29) is 17.9 Å². The lowest BCUT2D eigenvalue weighted by atomic mass is 9.80. The maximum absolute atomic E-state index is 14.4. The van der Waals surface area contributed by atoms with Gasteiger partial charge in [-0.2, -0.15) is 0 Å². The molecule has 4 rings (SSSR count). The van der Waals surface area contributed by atoms with Gasteiger partial charge in [-0.05, 0) is 56.4 Å². The molecule has 2 aliphatic rings. The predicted molar refractivity (Wildman–Crippen MR) is 110 cm³/mol. The summed E-state index contributed by atoms with van der Waals surface area (Å²) >= 11 is 0. The van der Waals surface area contributed by atoms with Crippen LogP contribution in [0.4, 0.5) is 4.39 Å². The molecule has 0 saturated carbocycles. The molecule has 1 N–H and O–H groups in total. The van der Waals surface area contributed by atoms with Crippen molar-refractivity contribution in [2.45, 2.75) is 63.4 Å². The number of ether oxygens (including phenoxy) is 2. The number of hydrogen-bond acceptors (Lipinski definition) is 4. The van der Waals surface area contributed by atoms with Crippen LogP contribution in [-0.4, -0.2) is 35.8 Å². The van der Waals surface area contributed by atoms with Crippen LogP contribution in [0.15, 0.2) is 42.5 Å². The lowest BCUT2D eigenvalue weighted by Crippen LogP contribution is -2.49. The van der Waals surface area contributed by atoms with Gasteiger partial charge in [-0.3, -0.25) is 4.90 Å². The van der Waals surface area contributed by atoms with Gasteiger partial charge < -0.3 is 14.6 Å².